The van der Waals surface area contributed by atoms with Crippen LogP contribution in [0.5, 0.6) is 0 Å². The summed E-state index contributed by atoms with van der Waals surface area (Å²) in [6, 6.07) is 7.30. The average Bonchev–Trinajstić information content (AvgIpc) is 2.72. The van der Waals surface area contributed by atoms with E-state index in [2.05, 4.69) is 5.32 Å². The maximum absolute atomic E-state index is 13.2. The number of thioether (sulfide) groups is 1. The highest BCUT2D eigenvalue weighted by molar-refractivity contribution is 8.00. The minimum absolute atomic E-state index is 0.00539. The Hall–Kier alpha value is -1.86. The molecule has 1 amide bonds. The van der Waals surface area contributed by atoms with E-state index in [4.69, 9.17) is 4.98 Å². The number of hydrogen-bond donors (Lipinski definition) is 2. The Morgan fingerprint density at radius 2 is 1.87 bits per heavy atom. The molecule has 7 heteroatoms. The molecule has 2 N–H and O–H groups in total. The van der Waals surface area contributed by atoms with Crippen LogP contribution < -0.4 is 10.9 Å². The highest BCUT2D eigenvalue weighted by atomic mass is 32.2. The SMILES string of the molecule is C[C@@H](Sc1nc2ccccc2c(=O)n1CCCO)C(=O)NC12CC3CC(CC(C3)C1)C2. The number of aromatic nitrogens is 2. The minimum Gasteiger partial charge on any atom is -0.396 e. The molecule has 1 aromatic heterocycles. The van der Waals surface area contributed by atoms with Crippen LogP contribution in [-0.2, 0) is 11.3 Å². The number of nitrogens with zero attached hydrogens (tertiary/aromatic N) is 2. The molecular weight excluding hydrogens is 410 g/mol. The Balaban J connectivity index is 1.36. The first-order chi connectivity index (χ1) is 15.0. The van der Waals surface area contributed by atoms with Gasteiger partial charge in [-0.1, -0.05) is 23.9 Å². The molecule has 0 unspecified atom stereocenters. The number of para-hydroxylation sites is 1. The monoisotopic (exact) mass is 441 g/mol. The fraction of sp³-hybridized carbons (Fsp3) is 0.625. The third-order valence-corrected chi connectivity index (χ3v) is 8.53. The number of benzene rings is 1. The second-order valence-corrected chi connectivity index (χ2v) is 11.2. The van der Waals surface area contributed by atoms with E-state index in [0.29, 0.717) is 29.0 Å². The fourth-order valence-electron chi connectivity index (χ4n) is 6.50. The van der Waals surface area contributed by atoms with Crippen molar-refractivity contribution in [2.45, 2.75) is 74.4 Å². The molecule has 6 nitrogen and oxygen atoms in total. The zero-order valence-corrected chi connectivity index (χ0v) is 18.9. The third kappa shape index (κ3) is 4.02. The van der Waals surface area contributed by atoms with Crippen LogP contribution in [0.1, 0.15) is 51.9 Å². The third-order valence-electron chi connectivity index (χ3n) is 7.44. The van der Waals surface area contributed by atoms with Crippen molar-refractivity contribution in [3.8, 4) is 0 Å². The van der Waals surface area contributed by atoms with E-state index in [0.717, 1.165) is 37.0 Å². The van der Waals surface area contributed by atoms with Gasteiger partial charge in [-0.25, -0.2) is 4.98 Å². The van der Waals surface area contributed by atoms with Crippen molar-refractivity contribution in [1.82, 2.24) is 14.9 Å². The molecule has 4 fully saturated rings. The molecule has 2 aromatic rings. The first-order valence-electron chi connectivity index (χ1n) is 11.6. The van der Waals surface area contributed by atoms with Crippen LogP contribution in [0.15, 0.2) is 34.2 Å². The Kier molecular flexibility index (Phi) is 5.59. The number of hydrogen-bond acceptors (Lipinski definition) is 5. The average molecular weight is 442 g/mol. The van der Waals surface area contributed by atoms with E-state index in [1.807, 2.05) is 25.1 Å². The lowest BCUT2D eigenvalue weighted by Crippen LogP contribution is -2.60. The minimum atomic E-state index is -0.346. The summed E-state index contributed by atoms with van der Waals surface area (Å²) in [5, 5.41) is 13.5. The van der Waals surface area contributed by atoms with Gasteiger partial charge >= 0.3 is 0 Å². The van der Waals surface area contributed by atoms with Crippen molar-refractivity contribution >= 4 is 28.6 Å². The molecule has 31 heavy (non-hydrogen) atoms. The number of fused-ring (bicyclic) bond motifs is 1. The van der Waals surface area contributed by atoms with Crippen LogP contribution in [0.4, 0.5) is 0 Å². The molecule has 4 aliphatic carbocycles. The number of rotatable bonds is 7. The van der Waals surface area contributed by atoms with Gasteiger partial charge in [0, 0.05) is 18.7 Å². The largest absolute Gasteiger partial charge is 0.396 e. The molecule has 1 aromatic carbocycles. The topological polar surface area (TPSA) is 84.2 Å². The van der Waals surface area contributed by atoms with Gasteiger partial charge in [-0.3, -0.25) is 14.2 Å². The number of amides is 1. The van der Waals surface area contributed by atoms with Crippen LogP contribution in [0, 0.1) is 17.8 Å². The zero-order chi connectivity index (χ0) is 21.6. The number of aliphatic hydroxyl groups is 1. The number of carbonyl (C=O) groups excluding carboxylic acids is 1. The molecule has 1 heterocycles. The summed E-state index contributed by atoms with van der Waals surface area (Å²) in [6.07, 6.45) is 7.88. The maximum Gasteiger partial charge on any atom is 0.262 e. The van der Waals surface area contributed by atoms with Gasteiger partial charge < -0.3 is 10.4 Å². The molecule has 6 rings (SSSR count). The zero-order valence-electron chi connectivity index (χ0n) is 18.0. The van der Waals surface area contributed by atoms with Gasteiger partial charge in [-0.05, 0) is 81.8 Å². The molecule has 0 radical (unpaired) electrons. The highest BCUT2D eigenvalue weighted by Gasteiger charge is 2.51. The van der Waals surface area contributed by atoms with Crippen LogP contribution in [0.2, 0.25) is 0 Å². The van der Waals surface area contributed by atoms with E-state index >= 15 is 0 Å². The second kappa shape index (κ2) is 8.24. The molecule has 4 saturated carbocycles. The first-order valence-corrected chi connectivity index (χ1v) is 12.4. The van der Waals surface area contributed by atoms with Gasteiger partial charge in [0.05, 0.1) is 16.2 Å². The predicted octanol–water partition coefficient (Wildman–Crippen LogP) is 3.34. The summed E-state index contributed by atoms with van der Waals surface area (Å²) in [6.45, 7) is 2.29. The van der Waals surface area contributed by atoms with Crippen molar-refractivity contribution in [1.29, 1.82) is 0 Å². The van der Waals surface area contributed by atoms with Gasteiger partial charge in [0.15, 0.2) is 5.16 Å². The molecule has 0 saturated heterocycles. The highest BCUT2D eigenvalue weighted by Crippen LogP contribution is 2.55. The van der Waals surface area contributed by atoms with Crippen LogP contribution >= 0.6 is 11.8 Å². The van der Waals surface area contributed by atoms with Crippen LogP contribution in [0.3, 0.4) is 0 Å². The normalized spacial score (nSPS) is 29.9. The molecule has 1 atom stereocenters. The summed E-state index contributed by atoms with van der Waals surface area (Å²) < 4.78 is 1.61. The lowest BCUT2D eigenvalue weighted by molar-refractivity contribution is -0.126. The lowest BCUT2D eigenvalue weighted by Gasteiger charge is -2.57. The van der Waals surface area contributed by atoms with Crippen LogP contribution in [0.25, 0.3) is 10.9 Å². The Bertz CT molecular complexity index is 1010. The van der Waals surface area contributed by atoms with Gasteiger partial charge in [0.25, 0.3) is 5.56 Å². The summed E-state index contributed by atoms with van der Waals surface area (Å²) in [7, 11) is 0. The quantitative estimate of drug-likeness (QED) is 0.509. The molecule has 4 aliphatic rings. The summed E-state index contributed by atoms with van der Waals surface area (Å²) >= 11 is 1.34. The Morgan fingerprint density at radius 3 is 2.52 bits per heavy atom. The van der Waals surface area contributed by atoms with Crippen molar-refractivity contribution < 1.29 is 9.90 Å². The van der Waals surface area contributed by atoms with E-state index in [1.54, 1.807) is 10.6 Å². The van der Waals surface area contributed by atoms with Gasteiger partial charge in [-0.15, -0.1) is 0 Å². The second-order valence-electron chi connectivity index (χ2n) is 9.89. The van der Waals surface area contributed by atoms with E-state index in [1.165, 1.54) is 31.0 Å². The molecular formula is C24H31N3O3S. The van der Waals surface area contributed by atoms with Gasteiger partial charge in [0.2, 0.25) is 5.91 Å². The molecule has 166 valence electrons. The smallest absolute Gasteiger partial charge is 0.262 e. The standard InChI is InChI=1S/C24H31N3O3S/c1-15(21(29)26-24-12-16-9-17(13-24)11-18(10-16)14-24)31-23-25-20-6-3-2-5-19(20)22(30)27(23)7-4-8-28/h2-3,5-6,15-18,28H,4,7-14H2,1H3,(H,26,29)/t15-,16?,17?,18?,24?/m1/s1. The van der Waals surface area contributed by atoms with Crippen molar-refractivity contribution in [2.75, 3.05) is 6.61 Å². The Labute approximate surface area is 186 Å². The number of carbonyl (C=O) groups is 1. The van der Waals surface area contributed by atoms with Gasteiger partial charge in [0.1, 0.15) is 0 Å². The molecule has 4 bridgehead atoms. The summed E-state index contributed by atoms with van der Waals surface area (Å²) in [5.41, 5.74) is 0.507. The maximum atomic E-state index is 13.2. The van der Waals surface area contributed by atoms with E-state index in [9.17, 15) is 14.7 Å². The van der Waals surface area contributed by atoms with Crippen LogP contribution in [-0.4, -0.2) is 38.0 Å². The van der Waals surface area contributed by atoms with Gasteiger partial charge in [-0.2, -0.15) is 0 Å². The Morgan fingerprint density at radius 1 is 1.23 bits per heavy atom. The number of aliphatic hydroxyl groups excluding tert-OH is 1. The molecule has 0 spiro atoms. The van der Waals surface area contributed by atoms with E-state index in [-0.39, 0.29) is 28.9 Å². The van der Waals surface area contributed by atoms with Crippen molar-refractivity contribution in [3.05, 3.63) is 34.6 Å². The molecule has 0 aliphatic heterocycles. The van der Waals surface area contributed by atoms with E-state index < -0.39 is 0 Å². The number of nitrogens with one attached hydrogen (secondary N) is 1. The lowest BCUT2D eigenvalue weighted by atomic mass is 9.53. The predicted molar refractivity (Wildman–Crippen MR) is 122 cm³/mol. The summed E-state index contributed by atoms with van der Waals surface area (Å²) in [5.74, 6) is 2.38. The summed E-state index contributed by atoms with van der Waals surface area (Å²) in [4.78, 5) is 31.0. The fourth-order valence-corrected chi connectivity index (χ4v) is 7.44. The first kappa shape index (κ1) is 21.0. The van der Waals surface area contributed by atoms with Crippen molar-refractivity contribution in [3.63, 3.8) is 0 Å². The van der Waals surface area contributed by atoms with Crippen molar-refractivity contribution in [2.24, 2.45) is 17.8 Å².